The average molecular weight is 550 g/mol. The van der Waals surface area contributed by atoms with Crippen molar-refractivity contribution in [2.75, 3.05) is 26.8 Å². The van der Waals surface area contributed by atoms with E-state index in [4.69, 9.17) is 10.5 Å². The van der Waals surface area contributed by atoms with E-state index in [1.807, 2.05) is 11.1 Å². The van der Waals surface area contributed by atoms with Gasteiger partial charge in [-0.1, -0.05) is 48.5 Å². The van der Waals surface area contributed by atoms with Gasteiger partial charge in [0.2, 0.25) is 5.91 Å². The first kappa shape index (κ1) is 27.2. The van der Waals surface area contributed by atoms with Crippen LogP contribution in [0.1, 0.15) is 42.9 Å². The van der Waals surface area contributed by atoms with E-state index in [0.29, 0.717) is 18.8 Å². The van der Waals surface area contributed by atoms with Crippen molar-refractivity contribution in [3.63, 3.8) is 0 Å². The number of fused-ring (bicyclic) bond motifs is 2. The van der Waals surface area contributed by atoms with Gasteiger partial charge >= 0.3 is 0 Å². The number of H-pyrrole nitrogens is 1. The van der Waals surface area contributed by atoms with E-state index in [2.05, 4.69) is 87.6 Å². The summed E-state index contributed by atoms with van der Waals surface area (Å²) in [6.45, 7) is 3.22. The average Bonchev–Trinajstić information content (AvgIpc) is 3.62. The number of ether oxygens (including phenoxy) is 1. The lowest BCUT2D eigenvalue weighted by atomic mass is 9.93. The molecule has 1 saturated heterocycles. The fourth-order valence-corrected chi connectivity index (χ4v) is 6.32. The van der Waals surface area contributed by atoms with Gasteiger partial charge in [-0.15, -0.1) is 0 Å². The normalized spacial score (nSPS) is 16.4. The summed E-state index contributed by atoms with van der Waals surface area (Å²) >= 11 is 0. The first-order chi connectivity index (χ1) is 20.1. The fourth-order valence-electron chi connectivity index (χ4n) is 6.32. The minimum Gasteiger partial charge on any atom is -0.385 e. The molecule has 0 saturated carbocycles. The number of rotatable bonds is 10. The maximum Gasteiger partial charge on any atom is 0.224 e. The van der Waals surface area contributed by atoms with Crippen LogP contribution in [0.5, 0.6) is 0 Å². The second kappa shape index (κ2) is 12.3. The van der Waals surface area contributed by atoms with Crippen LogP contribution in [0.4, 0.5) is 0 Å². The van der Waals surface area contributed by atoms with Crippen LogP contribution in [-0.2, 0) is 22.5 Å². The number of benzene rings is 3. The second-order valence-corrected chi connectivity index (χ2v) is 11.3. The van der Waals surface area contributed by atoms with Crippen molar-refractivity contribution in [1.82, 2.24) is 19.7 Å². The number of hydrogen-bond donors (Lipinski definition) is 2. The van der Waals surface area contributed by atoms with Gasteiger partial charge in [-0.3, -0.25) is 9.89 Å². The van der Waals surface area contributed by atoms with Gasteiger partial charge in [0.25, 0.3) is 0 Å². The molecule has 3 N–H and O–H groups in total. The highest BCUT2D eigenvalue weighted by Gasteiger charge is 2.28. The number of nitrogens with two attached hydrogens (primary N) is 1. The Morgan fingerprint density at radius 2 is 1.90 bits per heavy atom. The molecule has 5 aromatic rings. The molecule has 0 bridgehead atoms. The summed E-state index contributed by atoms with van der Waals surface area (Å²) in [5.74, 6) is 0.488. The molecular formula is C34H39N5O2. The number of methoxy groups -OCH3 is 1. The maximum absolute atomic E-state index is 13.4. The predicted octanol–water partition coefficient (Wildman–Crippen LogP) is 5.89. The third-order valence-corrected chi connectivity index (χ3v) is 8.43. The van der Waals surface area contributed by atoms with Crippen LogP contribution < -0.4 is 5.73 Å². The predicted molar refractivity (Wildman–Crippen MR) is 165 cm³/mol. The molecule has 7 heteroatoms. The van der Waals surface area contributed by atoms with Crippen molar-refractivity contribution in [2.45, 2.75) is 50.6 Å². The van der Waals surface area contributed by atoms with Crippen LogP contribution in [0, 0.1) is 0 Å². The van der Waals surface area contributed by atoms with Crippen molar-refractivity contribution in [3.8, 4) is 11.1 Å². The summed E-state index contributed by atoms with van der Waals surface area (Å²) in [6, 6.07) is 25.5. The van der Waals surface area contributed by atoms with Crippen LogP contribution in [-0.4, -0.2) is 58.4 Å². The number of likely N-dealkylation sites (tertiary alicyclic amines) is 1. The van der Waals surface area contributed by atoms with Crippen LogP contribution in [0.25, 0.3) is 32.9 Å². The van der Waals surface area contributed by atoms with E-state index in [0.717, 1.165) is 73.1 Å². The molecule has 1 aliphatic heterocycles. The van der Waals surface area contributed by atoms with Crippen molar-refractivity contribution in [3.05, 3.63) is 90.3 Å². The molecular weight excluding hydrogens is 510 g/mol. The lowest BCUT2D eigenvalue weighted by Crippen LogP contribution is -2.42. The van der Waals surface area contributed by atoms with E-state index >= 15 is 0 Å². The van der Waals surface area contributed by atoms with Gasteiger partial charge in [-0.05, 0) is 72.0 Å². The Hall–Kier alpha value is -3.94. The van der Waals surface area contributed by atoms with E-state index in [-0.39, 0.29) is 11.9 Å². The maximum atomic E-state index is 13.4. The number of hydrogen-bond acceptors (Lipinski definition) is 4. The lowest BCUT2D eigenvalue weighted by molar-refractivity contribution is -0.132. The van der Waals surface area contributed by atoms with Crippen molar-refractivity contribution in [1.29, 1.82) is 0 Å². The summed E-state index contributed by atoms with van der Waals surface area (Å²) < 4.78 is 7.76. The molecule has 6 rings (SSSR count). The number of aromatic nitrogens is 3. The van der Waals surface area contributed by atoms with Crippen molar-refractivity contribution < 1.29 is 9.53 Å². The van der Waals surface area contributed by atoms with Crippen LogP contribution >= 0.6 is 0 Å². The Balaban J connectivity index is 1.08. The lowest BCUT2D eigenvalue weighted by Gasteiger charge is -2.34. The molecule has 1 fully saturated rings. The molecule has 0 spiro atoms. The van der Waals surface area contributed by atoms with Crippen LogP contribution in [0.3, 0.4) is 0 Å². The first-order valence-corrected chi connectivity index (χ1v) is 14.7. The molecule has 3 heterocycles. The highest BCUT2D eigenvalue weighted by Crippen LogP contribution is 2.32. The smallest absolute Gasteiger partial charge is 0.224 e. The highest BCUT2D eigenvalue weighted by atomic mass is 16.5. The summed E-state index contributed by atoms with van der Waals surface area (Å²) in [6.07, 6.45) is 5.96. The Bertz CT molecular complexity index is 1620. The Kier molecular flexibility index (Phi) is 8.16. The van der Waals surface area contributed by atoms with Crippen molar-refractivity contribution >= 4 is 27.7 Å². The summed E-state index contributed by atoms with van der Waals surface area (Å²) in [7, 11) is 1.75. The molecule has 2 atom stereocenters. The zero-order valence-electron chi connectivity index (χ0n) is 23.8. The van der Waals surface area contributed by atoms with E-state index < -0.39 is 0 Å². The number of aryl methyl sites for hydroxylation is 1. The fraction of sp³-hybridized carbons (Fsp3) is 0.353. The summed E-state index contributed by atoms with van der Waals surface area (Å²) in [4.78, 5) is 15.4. The van der Waals surface area contributed by atoms with E-state index in [1.165, 1.54) is 16.6 Å². The number of carbonyl (C=O) groups is 1. The number of nitrogens with one attached hydrogen (secondary N) is 1. The van der Waals surface area contributed by atoms with E-state index in [1.54, 1.807) is 7.11 Å². The monoisotopic (exact) mass is 549 g/mol. The third-order valence-electron chi connectivity index (χ3n) is 8.43. The minimum atomic E-state index is -0.212. The zero-order valence-corrected chi connectivity index (χ0v) is 23.8. The molecule has 2 aromatic heterocycles. The van der Waals surface area contributed by atoms with Crippen LogP contribution in [0.2, 0.25) is 0 Å². The number of nitrogens with zero attached hydrogens (tertiary/aromatic N) is 3. The van der Waals surface area contributed by atoms with Gasteiger partial charge in [-0.25, -0.2) is 0 Å². The first-order valence-electron chi connectivity index (χ1n) is 14.7. The number of carbonyl (C=O) groups excluding carboxylic acids is 1. The molecule has 41 heavy (non-hydrogen) atoms. The van der Waals surface area contributed by atoms with Crippen LogP contribution in [0.15, 0.2) is 79.0 Å². The number of piperidine rings is 1. The Morgan fingerprint density at radius 1 is 1.07 bits per heavy atom. The second-order valence-electron chi connectivity index (χ2n) is 11.3. The molecule has 3 aromatic carbocycles. The van der Waals surface area contributed by atoms with Gasteiger partial charge in [0, 0.05) is 68.3 Å². The number of aromatic amines is 1. The molecule has 2 unspecified atom stereocenters. The number of para-hydroxylation sites is 1. The largest absolute Gasteiger partial charge is 0.385 e. The molecule has 0 aliphatic carbocycles. The molecule has 7 nitrogen and oxygen atoms in total. The Morgan fingerprint density at radius 3 is 2.76 bits per heavy atom. The summed E-state index contributed by atoms with van der Waals surface area (Å²) in [5.41, 5.74) is 13.6. The topological polar surface area (TPSA) is 89.2 Å². The molecule has 212 valence electrons. The highest BCUT2D eigenvalue weighted by molar-refractivity contribution is 5.84. The number of amides is 1. The molecule has 1 aliphatic rings. The third kappa shape index (κ3) is 6.06. The van der Waals surface area contributed by atoms with Gasteiger partial charge < -0.3 is 19.9 Å². The van der Waals surface area contributed by atoms with Crippen molar-refractivity contribution in [2.24, 2.45) is 5.73 Å². The van der Waals surface area contributed by atoms with E-state index in [9.17, 15) is 4.79 Å². The quantitative estimate of drug-likeness (QED) is 0.213. The van der Waals surface area contributed by atoms with Gasteiger partial charge in [0.05, 0.1) is 11.7 Å². The van der Waals surface area contributed by atoms with Gasteiger partial charge in [-0.2, -0.15) is 5.10 Å². The standard InChI is InChI=1S/C34H39N5O2/c1-41-17-5-16-39-32-8-3-2-6-27(32)20-33(39)28-7-4-15-38(23-28)34(40)21-30(35)18-24-9-11-25(12-10-24)26-13-14-31-29(19-26)22-36-37-31/h2-3,6,8-14,19-20,22,28,30H,4-5,7,15-18,21,23,35H2,1H3,(H,36,37). The zero-order chi connectivity index (χ0) is 28.2. The van der Waals surface area contributed by atoms with Gasteiger partial charge in [0.15, 0.2) is 0 Å². The summed E-state index contributed by atoms with van der Waals surface area (Å²) in [5, 5.41) is 9.47. The molecule has 1 amide bonds. The van der Waals surface area contributed by atoms with Gasteiger partial charge in [0.1, 0.15) is 0 Å². The minimum absolute atomic E-state index is 0.161. The SMILES string of the molecule is COCCCn1c(C2CCCN(C(=O)CC(N)Cc3ccc(-c4ccc5[nH]ncc5c4)cc3)C2)cc2ccccc21. The molecule has 0 radical (unpaired) electrons. The Labute approximate surface area is 241 Å².